The van der Waals surface area contributed by atoms with Crippen LogP contribution in [0.3, 0.4) is 0 Å². The van der Waals surface area contributed by atoms with Crippen molar-refractivity contribution in [2.45, 2.75) is 39.0 Å². The number of hydrogen-bond acceptors (Lipinski definition) is 4. The maximum Gasteiger partial charge on any atom is 0.335 e. The van der Waals surface area contributed by atoms with Gasteiger partial charge in [-0.05, 0) is 42.7 Å². The van der Waals surface area contributed by atoms with Crippen LogP contribution >= 0.6 is 0 Å². The highest BCUT2D eigenvalue weighted by atomic mass is 16.4. The lowest BCUT2D eigenvalue weighted by molar-refractivity contribution is 0.0688. The van der Waals surface area contributed by atoms with Crippen LogP contribution in [0.25, 0.3) is 0 Å². The van der Waals surface area contributed by atoms with Crippen molar-refractivity contribution in [1.29, 1.82) is 0 Å². The van der Waals surface area contributed by atoms with Gasteiger partial charge in [0, 0.05) is 19.3 Å². The normalized spacial score (nSPS) is 15.1. The molecular formula is C21H25N3O3. The average Bonchev–Trinajstić information content (AvgIpc) is 2.68. The number of carboxylic acid groups (broad SMARTS) is 1. The van der Waals surface area contributed by atoms with Crippen LogP contribution < -0.4 is 0 Å². The van der Waals surface area contributed by atoms with E-state index in [9.17, 15) is 14.7 Å². The summed E-state index contributed by atoms with van der Waals surface area (Å²) in [7, 11) is 0. The van der Waals surface area contributed by atoms with E-state index in [-0.39, 0.29) is 11.8 Å². The van der Waals surface area contributed by atoms with Crippen LogP contribution in [0.5, 0.6) is 0 Å². The van der Waals surface area contributed by atoms with Crippen LogP contribution in [-0.4, -0.2) is 44.9 Å². The molecule has 1 aliphatic rings. The molecule has 6 nitrogen and oxygen atoms in total. The Kier molecular flexibility index (Phi) is 5.84. The summed E-state index contributed by atoms with van der Waals surface area (Å²) in [5, 5.41) is 9.34. The number of carboxylic acids is 1. The van der Waals surface area contributed by atoms with E-state index in [1.807, 2.05) is 30.9 Å². The van der Waals surface area contributed by atoms with E-state index in [0.29, 0.717) is 30.1 Å². The summed E-state index contributed by atoms with van der Waals surface area (Å²) < 4.78 is 0. The summed E-state index contributed by atoms with van der Waals surface area (Å²) in [6, 6.07) is 7.17. The molecule has 1 aliphatic heterocycles. The number of carbonyl (C=O) groups is 2. The zero-order chi connectivity index (χ0) is 19.4. The lowest BCUT2D eigenvalue weighted by Crippen LogP contribution is -2.39. The average molecular weight is 367 g/mol. The van der Waals surface area contributed by atoms with Crippen molar-refractivity contribution in [2.24, 2.45) is 5.92 Å². The van der Waals surface area contributed by atoms with Gasteiger partial charge in [0.15, 0.2) is 0 Å². The fraction of sp³-hybridized carbons (Fsp3) is 0.429. The molecule has 2 heterocycles. The van der Waals surface area contributed by atoms with Gasteiger partial charge >= 0.3 is 5.97 Å². The minimum atomic E-state index is -0.886. The van der Waals surface area contributed by atoms with Crippen molar-refractivity contribution < 1.29 is 14.7 Å². The number of nitrogens with zero attached hydrogens (tertiary/aromatic N) is 3. The third kappa shape index (κ3) is 4.32. The van der Waals surface area contributed by atoms with Gasteiger partial charge in [-0.3, -0.25) is 4.79 Å². The SMILES string of the molecule is CC(C)c1ncncc1C(=O)N1CCC(Cc2ccccc2C(=O)O)CC1. The Bertz CT molecular complexity index is 827. The number of piperidine rings is 1. The molecule has 142 valence electrons. The number of hydrogen-bond donors (Lipinski definition) is 1. The van der Waals surface area contributed by atoms with E-state index in [1.165, 1.54) is 6.33 Å². The first-order valence-corrected chi connectivity index (χ1v) is 9.37. The lowest BCUT2D eigenvalue weighted by Gasteiger charge is -2.32. The molecule has 3 rings (SSSR count). The second-order valence-corrected chi connectivity index (χ2v) is 7.38. The first-order valence-electron chi connectivity index (χ1n) is 9.37. The molecule has 0 radical (unpaired) electrons. The van der Waals surface area contributed by atoms with Gasteiger partial charge in [-0.1, -0.05) is 32.0 Å². The molecule has 0 spiro atoms. The Morgan fingerprint density at radius 2 is 1.89 bits per heavy atom. The van der Waals surface area contributed by atoms with E-state index in [1.54, 1.807) is 18.3 Å². The number of rotatable bonds is 5. The van der Waals surface area contributed by atoms with Crippen molar-refractivity contribution in [2.75, 3.05) is 13.1 Å². The number of benzene rings is 1. The molecule has 1 fully saturated rings. The van der Waals surface area contributed by atoms with Crippen LogP contribution in [0, 0.1) is 5.92 Å². The van der Waals surface area contributed by atoms with Gasteiger partial charge in [-0.25, -0.2) is 14.8 Å². The van der Waals surface area contributed by atoms with Crippen LogP contribution in [0.4, 0.5) is 0 Å². The number of aromatic carboxylic acids is 1. The maximum absolute atomic E-state index is 12.9. The largest absolute Gasteiger partial charge is 0.478 e. The minimum absolute atomic E-state index is 0.0105. The molecular weight excluding hydrogens is 342 g/mol. The van der Waals surface area contributed by atoms with Gasteiger partial charge < -0.3 is 10.0 Å². The summed E-state index contributed by atoms with van der Waals surface area (Å²) in [5.74, 6) is -0.352. The number of likely N-dealkylation sites (tertiary alicyclic amines) is 1. The van der Waals surface area contributed by atoms with E-state index in [2.05, 4.69) is 9.97 Å². The first-order chi connectivity index (χ1) is 13.0. The Labute approximate surface area is 159 Å². The summed E-state index contributed by atoms with van der Waals surface area (Å²) in [5.41, 5.74) is 2.61. The van der Waals surface area contributed by atoms with Gasteiger partial charge in [0.1, 0.15) is 6.33 Å². The third-order valence-electron chi connectivity index (χ3n) is 5.18. The third-order valence-corrected chi connectivity index (χ3v) is 5.18. The minimum Gasteiger partial charge on any atom is -0.478 e. The molecule has 0 saturated carbocycles. The van der Waals surface area contributed by atoms with E-state index in [4.69, 9.17) is 0 Å². The molecule has 1 aromatic heterocycles. The highest BCUT2D eigenvalue weighted by molar-refractivity contribution is 5.95. The molecule has 0 atom stereocenters. The van der Waals surface area contributed by atoms with Crippen LogP contribution in [-0.2, 0) is 6.42 Å². The van der Waals surface area contributed by atoms with Crippen molar-refractivity contribution in [1.82, 2.24) is 14.9 Å². The second-order valence-electron chi connectivity index (χ2n) is 7.38. The molecule has 27 heavy (non-hydrogen) atoms. The highest BCUT2D eigenvalue weighted by Gasteiger charge is 2.27. The molecule has 1 aromatic carbocycles. The topological polar surface area (TPSA) is 83.4 Å². The van der Waals surface area contributed by atoms with Crippen molar-refractivity contribution in [3.8, 4) is 0 Å². The van der Waals surface area contributed by atoms with Gasteiger partial charge in [0.2, 0.25) is 0 Å². The summed E-state index contributed by atoms with van der Waals surface area (Å²) in [4.78, 5) is 34.5. The predicted molar refractivity (Wildman–Crippen MR) is 102 cm³/mol. The molecule has 1 saturated heterocycles. The Morgan fingerprint density at radius 1 is 1.19 bits per heavy atom. The standard InChI is InChI=1S/C21H25N3O3/c1-14(2)19-18(12-22-13-23-19)20(25)24-9-7-15(8-10-24)11-16-5-3-4-6-17(16)21(26)27/h3-6,12-15H,7-11H2,1-2H3,(H,26,27). The molecule has 2 aromatic rings. The summed E-state index contributed by atoms with van der Waals surface area (Å²) in [6.45, 7) is 5.38. The smallest absolute Gasteiger partial charge is 0.335 e. The highest BCUT2D eigenvalue weighted by Crippen LogP contribution is 2.25. The first kappa shape index (κ1) is 19.0. The number of carbonyl (C=O) groups excluding carboxylic acids is 1. The van der Waals surface area contributed by atoms with Crippen molar-refractivity contribution in [3.05, 3.63) is 59.2 Å². The molecule has 6 heteroatoms. The van der Waals surface area contributed by atoms with E-state index < -0.39 is 5.97 Å². The van der Waals surface area contributed by atoms with Crippen LogP contribution in [0.15, 0.2) is 36.8 Å². The monoisotopic (exact) mass is 367 g/mol. The Hall–Kier alpha value is -2.76. The second kappa shape index (κ2) is 8.29. The lowest BCUT2D eigenvalue weighted by atomic mass is 9.88. The van der Waals surface area contributed by atoms with Crippen LogP contribution in [0.2, 0.25) is 0 Å². The Morgan fingerprint density at radius 3 is 2.56 bits per heavy atom. The molecule has 0 unspecified atom stereocenters. The quantitative estimate of drug-likeness (QED) is 0.876. The fourth-order valence-electron chi connectivity index (χ4n) is 3.69. The zero-order valence-corrected chi connectivity index (χ0v) is 15.8. The molecule has 0 bridgehead atoms. The van der Waals surface area contributed by atoms with Gasteiger partial charge in [0.05, 0.1) is 16.8 Å². The molecule has 1 amide bonds. The maximum atomic E-state index is 12.9. The van der Waals surface area contributed by atoms with Gasteiger partial charge in [-0.2, -0.15) is 0 Å². The number of amides is 1. The zero-order valence-electron chi connectivity index (χ0n) is 15.8. The van der Waals surface area contributed by atoms with Crippen molar-refractivity contribution in [3.63, 3.8) is 0 Å². The Balaban J connectivity index is 1.64. The summed E-state index contributed by atoms with van der Waals surface area (Å²) >= 11 is 0. The van der Waals surface area contributed by atoms with Gasteiger partial charge in [0.25, 0.3) is 5.91 Å². The predicted octanol–water partition coefficient (Wildman–Crippen LogP) is 3.39. The fourth-order valence-corrected chi connectivity index (χ4v) is 3.69. The van der Waals surface area contributed by atoms with Crippen molar-refractivity contribution >= 4 is 11.9 Å². The van der Waals surface area contributed by atoms with E-state index in [0.717, 1.165) is 30.5 Å². The van der Waals surface area contributed by atoms with E-state index >= 15 is 0 Å². The van der Waals surface area contributed by atoms with Gasteiger partial charge in [-0.15, -0.1) is 0 Å². The number of aromatic nitrogens is 2. The summed E-state index contributed by atoms with van der Waals surface area (Å²) in [6.07, 6.45) is 5.56. The van der Waals surface area contributed by atoms with Crippen LogP contribution in [0.1, 0.15) is 64.6 Å². The molecule has 0 aliphatic carbocycles. The molecule has 1 N–H and O–H groups in total.